The van der Waals surface area contributed by atoms with Crippen LogP contribution >= 0.6 is 11.3 Å². The third-order valence-electron chi connectivity index (χ3n) is 9.16. The number of carbonyl (C=O) groups is 1. The molecular weight excluding hydrogens is 454 g/mol. The number of urea groups is 1. The normalized spacial score (nSPS) is 31.1. The van der Waals surface area contributed by atoms with E-state index in [1.807, 2.05) is 34.4 Å². The predicted octanol–water partition coefficient (Wildman–Crippen LogP) is 6.04. The van der Waals surface area contributed by atoms with Gasteiger partial charge in [0.15, 0.2) is 0 Å². The van der Waals surface area contributed by atoms with Crippen molar-refractivity contribution >= 4 is 34.1 Å². The van der Waals surface area contributed by atoms with E-state index in [1.165, 1.54) is 47.6 Å². The number of rotatable bonds is 4. The molecular formula is C28H27N5OS. The Morgan fingerprint density at radius 1 is 1.00 bits per heavy atom. The van der Waals surface area contributed by atoms with Crippen molar-refractivity contribution in [2.45, 2.75) is 43.6 Å². The van der Waals surface area contributed by atoms with Crippen LogP contribution in [0.15, 0.2) is 55.0 Å². The zero-order chi connectivity index (χ0) is 23.1. The van der Waals surface area contributed by atoms with Gasteiger partial charge < -0.3 is 10.3 Å². The van der Waals surface area contributed by atoms with Crippen LogP contribution in [-0.2, 0) is 5.41 Å². The molecule has 7 heteroatoms. The lowest BCUT2D eigenvalue weighted by molar-refractivity contribution is 0.251. The standard InChI is InChI=1S/C28H27N5OS/c34-27-30-13-24(33(27)21-5-6-22-23(10-21)32-15-31-22)18-1-3-19(4-2-18)25-14-29-26(35-25)28-11-16-7-17(12-28)9-20(28)8-16/h1-6,10,14-17,20,24H,7-9,11-13H2,(H,30,34)(H,31,32). The summed E-state index contributed by atoms with van der Waals surface area (Å²) in [6.45, 7) is 0.593. The molecule has 3 atom stereocenters. The van der Waals surface area contributed by atoms with E-state index >= 15 is 0 Å². The van der Waals surface area contributed by atoms with Gasteiger partial charge in [-0.25, -0.2) is 14.8 Å². The fraction of sp³-hybridized carbons (Fsp3) is 0.393. The monoisotopic (exact) mass is 481 g/mol. The van der Waals surface area contributed by atoms with Gasteiger partial charge in [0.25, 0.3) is 0 Å². The highest BCUT2D eigenvalue weighted by Crippen LogP contribution is 2.66. The van der Waals surface area contributed by atoms with Crippen LogP contribution in [-0.4, -0.2) is 27.5 Å². The highest BCUT2D eigenvalue weighted by Gasteiger charge is 2.59. The van der Waals surface area contributed by atoms with Crippen LogP contribution in [0.2, 0.25) is 0 Å². The number of imidazole rings is 1. The van der Waals surface area contributed by atoms with Gasteiger partial charge in [-0.1, -0.05) is 24.3 Å². The molecule has 2 aromatic heterocycles. The SMILES string of the molecule is O=C1NCC(c2ccc(-c3cnc(C45CC6CC(CC4C6)C5)s3)cc2)N1c1ccc2nc[nH]c2c1. The van der Waals surface area contributed by atoms with Gasteiger partial charge in [0, 0.05) is 23.8 Å². The van der Waals surface area contributed by atoms with E-state index in [2.05, 4.69) is 45.7 Å². The number of hydrogen-bond donors (Lipinski definition) is 2. The van der Waals surface area contributed by atoms with Gasteiger partial charge >= 0.3 is 6.03 Å². The minimum Gasteiger partial charge on any atom is -0.345 e. The number of nitrogens with zero attached hydrogens (tertiary/aromatic N) is 3. The van der Waals surface area contributed by atoms with E-state index in [4.69, 9.17) is 4.98 Å². The summed E-state index contributed by atoms with van der Waals surface area (Å²) in [7, 11) is 0. The van der Waals surface area contributed by atoms with Gasteiger partial charge in [0.2, 0.25) is 0 Å². The second-order valence-corrected chi connectivity index (χ2v) is 12.1. The Bertz CT molecular complexity index is 1440. The van der Waals surface area contributed by atoms with Crippen LogP contribution in [0.4, 0.5) is 10.5 Å². The third-order valence-corrected chi connectivity index (χ3v) is 10.4. The molecule has 4 saturated carbocycles. The Kier molecular flexibility index (Phi) is 4.10. The summed E-state index contributed by atoms with van der Waals surface area (Å²) in [6, 6.07) is 14.5. The maximum atomic E-state index is 12.7. The van der Waals surface area contributed by atoms with Crippen LogP contribution in [0, 0.1) is 17.8 Å². The molecule has 4 aromatic rings. The summed E-state index contributed by atoms with van der Waals surface area (Å²) < 4.78 is 0. The third kappa shape index (κ3) is 2.91. The molecule has 6 nitrogen and oxygen atoms in total. The van der Waals surface area contributed by atoms with Crippen molar-refractivity contribution in [3.8, 4) is 10.4 Å². The largest absolute Gasteiger partial charge is 0.345 e. The number of hydrogen-bond acceptors (Lipinski definition) is 4. The molecule has 4 bridgehead atoms. The molecule has 2 aromatic carbocycles. The lowest BCUT2D eigenvalue weighted by atomic mass is 9.76. The molecule has 176 valence electrons. The number of anilines is 1. The lowest BCUT2D eigenvalue weighted by Crippen LogP contribution is -2.29. The van der Waals surface area contributed by atoms with Gasteiger partial charge in [-0.3, -0.25) is 4.90 Å². The van der Waals surface area contributed by atoms with E-state index in [-0.39, 0.29) is 12.1 Å². The molecule has 9 rings (SSSR count). The summed E-state index contributed by atoms with van der Waals surface area (Å²) in [5.41, 5.74) is 5.43. The molecule has 1 aliphatic heterocycles. The molecule has 0 spiro atoms. The summed E-state index contributed by atoms with van der Waals surface area (Å²) in [4.78, 5) is 28.3. The van der Waals surface area contributed by atoms with Crippen molar-refractivity contribution in [1.29, 1.82) is 0 Å². The van der Waals surface area contributed by atoms with Gasteiger partial charge in [-0.15, -0.1) is 11.3 Å². The number of aromatic amines is 1. The lowest BCUT2D eigenvalue weighted by Gasteiger charge is -2.30. The Balaban J connectivity index is 1.07. The van der Waals surface area contributed by atoms with Crippen LogP contribution < -0.4 is 10.2 Å². The molecule has 5 fully saturated rings. The second kappa shape index (κ2) is 7.17. The molecule has 3 heterocycles. The molecule has 2 N–H and O–H groups in total. The highest BCUT2D eigenvalue weighted by molar-refractivity contribution is 7.15. The van der Waals surface area contributed by atoms with Crippen molar-refractivity contribution in [2.24, 2.45) is 17.8 Å². The number of carbonyl (C=O) groups excluding carboxylic acids is 1. The molecule has 3 unspecified atom stereocenters. The first-order valence-corrected chi connectivity index (χ1v) is 13.5. The summed E-state index contributed by atoms with van der Waals surface area (Å²) >= 11 is 1.91. The smallest absolute Gasteiger partial charge is 0.322 e. The summed E-state index contributed by atoms with van der Waals surface area (Å²) in [5, 5.41) is 4.41. The molecule has 0 radical (unpaired) electrons. The minimum atomic E-state index is -0.0648. The fourth-order valence-electron chi connectivity index (χ4n) is 7.79. The Hall–Kier alpha value is -3.19. The molecule has 35 heavy (non-hydrogen) atoms. The van der Waals surface area contributed by atoms with Crippen LogP contribution in [0.3, 0.4) is 0 Å². The van der Waals surface area contributed by atoms with E-state index in [0.29, 0.717) is 12.0 Å². The Morgan fingerprint density at radius 3 is 2.66 bits per heavy atom. The van der Waals surface area contributed by atoms with E-state index < -0.39 is 0 Å². The Labute approximate surface area is 207 Å². The topological polar surface area (TPSA) is 73.9 Å². The van der Waals surface area contributed by atoms with E-state index in [0.717, 1.165) is 40.0 Å². The number of H-pyrrole nitrogens is 1. The molecule has 5 aliphatic rings. The zero-order valence-corrected chi connectivity index (χ0v) is 20.2. The summed E-state index contributed by atoms with van der Waals surface area (Å²) in [6.07, 6.45) is 10.8. The van der Waals surface area contributed by atoms with E-state index in [9.17, 15) is 4.79 Å². The number of thiazole rings is 1. The quantitative estimate of drug-likeness (QED) is 0.373. The number of nitrogens with one attached hydrogen (secondary N) is 2. The molecule has 4 aliphatic carbocycles. The van der Waals surface area contributed by atoms with Crippen molar-refractivity contribution in [3.05, 3.63) is 65.6 Å². The first kappa shape index (κ1) is 20.0. The first-order chi connectivity index (χ1) is 17.2. The average molecular weight is 482 g/mol. The van der Waals surface area contributed by atoms with Gasteiger partial charge in [-0.2, -0.15) is 0 Å². The zero-order valence-electron chi connectivity index (χ0n) is 19.4. The number of benzene rings is 2. The highest BCUT2D eigenvalue weighted by atomic mass is 32.1. The number of amides is 2. The van der Waals surface area contributed by atoms with Crippen LogP contribution in [0.25, 0.3) is 21.5 Å². The number of aromatic nitrogens is 3. The van der Waals surface area contributed by atoms with Gasteiger partial charge in [0.1, 0.15) is 0 Å². The van der Waals surface area contributed by atoms with Crippen molar-refractivity contribution < 1.29 is 4.79 Å². The minimum absolute atomic E-state index is 0.0442. The van der Waals surface area contributed by atoms with Gasteiger partial charge in [-0.05, 0) is 79.2 Å². The predicted molar refractivity (Wildman–Crippen MR) is 137 cm³/mol. The summed E-state index contributed by atoms with van der Waals surface area (Å²) in [5.74, 6) is 2.75. The van der Waals surface area contributed by atoms with Crippen LogP contribution in [0.1, 0.15) is 48.7 Å². The van der Waals surface area contributed by atoms with Crippen molar-refractivity contribution in [3.63, 3.8) is 0 Å². The molecule has 2 amide bonds. The average Bonchev–Trinajstić information content (AvgIpc) is 3.67. The maximum Gasteiger partial charge on any atom is 0.322 e. The second-order valence-electron chi connectivity index (χ2n) is 11.0. The number of fused-ring (bicyclic) bond motifs is 1. The first-order valence-electron chi connectivity index (χ1n) is 12.7. The fourth-order valence-corrected chi connectivity index (χ4v) is 9.00. The van der Waals surface area contributed by atoms with E-state index in [1.54, 1.807) is 6.33 Å². The van der Waals surface area contributed by atoms with Crippen LogP contribution in [0.5, 0.6) is 0 Å². The van der Waals surface area contributed by atoms with Crippen molar-refractivity contribution in [2.75, 3.05) is 11.4 Å². The van der Waals surface area contributed by atoms with Crippen molar-refractivity contribution in [1.82, 2.24) is 20.3 Å². The maximum absolute atomic E-state index is 12.7. The Morgan fingerprint density at radius 2 is 1.83 bits per heavy atom. The molecule has 1 saturated heterocycles. The van der Waals surface area contributed by atoms with Gasteiger partial charge in [0.05, 0.1) is 33.3 Å².